The first-order chi connectivity index (χ1) is 15.2. The standard InChI is InChI=1S/C24H25F3N4O/c1-28-11-14-30(15-12-28)21-6-4-3-5-18(21)17-22-23(32)31(16-13-29(22)2)20-9-7-19(8-10-20)24(25,26)27/h3-10,13,16-17H,11-12,14-15H2,1-2H3. The molecule has 0 N–H and O–H groups in total. The number of rotatable bonds is 3. The Labute approximate surface area is 185 Å². The smallest absolute Gasteiger partial charge is 0.368 e. The zero-order valence-electron chi connectivity index (χ0n) is 18.0. The van der Waals surface area contributed by atoms with Crippen LogP contribution in [0.1, 0.15) is 11.1 Å². The van der Waals surface area contributed by atoms with Crippen molar-refractivity contribution >= 4 is 23.4 Å². The lowest BCUT2D eigenvalue weighted by Crippen LogP contribution is -2.44. The van der Waals surface area contributed by atoms with Crippen LogP contribution in [0.2, 0.25) is 0 Å². The van der Waals surface area contributed by atoms with Gasteiger partial charge >= 0.3 is 6.18 Å². The molecule has 0 spiro atoms. The summed E-state index contributed by atoms with van der Waals surface area (Å²) in [6.07, 6.45) is 0.715. The highest BCUT2D eigenvalue weighted by atomic mass is 19.4. The predicted octanol–water partition coefficient (Wildman–Crippen LogP) is 4.25. The number of para-hydroxylation sites is 1. The zero-order valence-corrected chi connectivity index (χ0v) is 18.0. The number of likely N-dealkylation sites (N-methyl/N-ethyl adjacent to an activating group) is 2. The van der Waals surface area contributed by atoms with Crippen molar-refractivity contribution in [2.75, 3.05) is 50.1 Å². The van der Waals surface area contributed by atoms with Crippen LogP contribution < -0.4 is 9.80 Å². The highest BCUT2D eigenvalue weighted by Crippen LogP contribution is 2.32. The van der Waals surface area contributed by atoms with Crippen LogP contribution in [-0.4, -0.2) is 56.0 Å². The Morgan fingerprint density at radius 3 is 2.19 bits per heavy atom. The predicted molar refractivity (Wildman–Crippen MR) is 120 cm³/mol. The van der Waals surface area contributed by atoms with Crippen LogP contribution in [-0.2, 0) is 11.0 Å². The second-order valence-electron chi connectivity index (χ2n) is 8.01. The Hall–Kier alpha value is -3.26. The van der Waals surface area contributed by atoms with Gasteiger partial charge < -0.3 is 14.7 Å². The molecule has 0 atom stereocenters. The molecule has 2 aromatic carbocycles. The van der Waals surface area contributed by atoms with Gasteiger partial charge in [0.1, 0.15) is 5.70 Å². The van der Waals surface area contributed by atoms with Gasteiger partial charge in [-0.3, -0.25) is 9.69 Å². The van der Waals surface area contributed by atoms with Crippen molar-refractivity contribution < 1.29 is 18.0 Å². The number of carbonyl (C=O) groups excluding carboxylic acids is 1. The van der Waals surface area contributed by atoms with Crippen LogP contribution in [0.4, 0.5) is 24.5 Å². The van der Waals surface area contributed by atoms with Crippen LogP contribution in [0.3, 0.4) is 0 Å². The molecule has 5 nitrogen and oxygen atoms in total. The summed E-state index contributed by atoms with van der Waals surface area (Å²) in [6.45, 7) is 3.73. The molecule has 1 saturated heterocycles. The number of hydrogen-bond acceptors (Lipinski definition) is 4. The van der Waals surface area contributed by atoms with Gasteiger partial charge in [-0.15, -0.1) is 0 Å². The van der Waals surface area contributed by atoms with E-state index < -0.39 is 11.7 Å². The maximum absolute atomic E-state index is 13.3. The van der Waals surface area contributed by atoms with E-state index in [1.54, 1.807) is 24.3 Å². The summed E-state index contributed by atoms with van der Waals surface area (Å²) in [7, 11) is 3.88. The molecular formula is C24H25F3N4O. The van der Waals surface area contributed by atoms with E-state index in [2.05, 4.69) is 22.9 Å². The molecule has 2 aliphatic rings. The minimum atomic E-state index is -4.42. The Morgan fingerprint density at radius 2 is 1.53 bits per heavy atom. The van der Waals surface area contributed by atoms with Crippen molar-refractivity contribution in [3.05, 3.63) is 77.8 Å². The van der Waals surface area contributed by atoms with E-state index in [1.165, 1.54) is 17.0 Å². The topological polar surface area (TPSA) is 30.0 Å². The lowest BCUT2D eigenvalue weighted by atomic mass is 10.1. The molecule has 2 heterocycles. The maximum Gasteiger partial charge on any atom is 0.416 e. The number of piperazine rings is 1. The molecule has 2 aromatic rings. The van der Waals surface area contributed by atoms with E-state index in [1.807, 2.05) is 24.3 Å². The van der Waals surface area contributed by atoms with Gasteiger partial charge in [0.05, 0.1) is 5.56 Å². The molecule has 0 saturated carbocycles. The first-order valence-electron chi connectivity index (χ1n) is 10.4. The number of carbonyl (C=O) groups is 1. The molecule has 0 unspecified atom stereocenters. The molecule has 0 bridgehead atoms. The number of nitrogens with zero attached hydrogens (tertiary/aromatic N) is 4. The lowest BCUT2D eigenvalue weighted by molar-refractivity contribution is -0.137. The molecule has 0 aliphatic carbocycles. The minimum absolute atomic E-state index is 0.303. The summed E-state index contributed by atoms with van der Waals surface area (Å²) in [6, 6.07) is 12.5. The summed E-state index contributed by atoms with van der Waals surface area (Å²) in [5.41, 5.74) is 2.06. The zero-order chi connectivity index (χ0) is 22.9. The quantitative estimate of drug-likeness (QED) is 0.665. The third-order valence-corrected chi connectivity index (χ3v) is 5.80. The van der Waals surface area contributed by atoms with E-state index in [0.29, 0.717) is 11.4 Å². The first kappa shape index (κ1) is 22.0. The van der Waals surface area contributed by atoms with E-state index in [4.69, 9.17) is 0 Å². The van der Waals surface area contributed by atoms with Crippen molar-refractivity contribution in [3.8, 4) is 0 Å². The number of benzene rings is 2. The van der Waals surface area contributed by atoms with E-state index in [-0.39, 0.29) is 5.91 Å². The molecule has 2 aliphatic heterocycles. The summed E-state index contributed by atoms with van der Waals surface area (Å²) < 4.78 is 38.7. The van der Waals surface area contributed by atoms with Gasteiger partial charge in [-0.1, -0.05) is 18.2 Å². The molecule has 32 heavy (non-hydrogen) atoms. The van der Waals surface area contributed by atoms with Gasteiger partial charge in [0.2, 0.25) is 0 Å². The third kappa shape index (κ3) is 4.50. The SMILES string of the molecule is CN1CCN(c2ccccc2C=C2C(=O)N(c3ccc(C(F)(F)F)cc3)C=CN2C)CC1. The van der Waals surface area contributed by atoms with Crippen LogP contribution in [0.25, 0.3) is 6.08 Å². The molecule has 1 fully saturated rings. The summed E-state index contributed by atoms with van der Waals surface area (Å²) in [4.78, 5) is 21.0. The molecule has 0 radical (unpaired) electrons. The van der Waals surface area contributed by atoms with Crippen molar-refractivity contribution in [2.45, 2.75) is 6.18 Å². The van der Waals surface area contributed by atoms with Crippen LogP contribution in [0, 0.1) is 0 Å². The van der Waals surface area contributed by atoms with Gasteiger partial charge in [-0.2, -0.15) is 13.2 Å². The van der Waals surface area contributed by atoms with Gasteiger partial charge in [-0.25, -0.2) is 0 Å². The van der Waals surface area contributed by atoms with Crippen molar-refractivity contribution in [2.24, 2.45) is 0 Å². The third-order valence-electron chi connectivity index (χ3n) is 5.80. The molecule has 0 aromatic heterocycles. The Kier molecular flexibility index (Phi) is 5.97. The fourth-order valence-corrected chi connectivity index (χ4v) is 3.86. The minimum Gasteiger partial charge on any atom is -0.368 e. The van der Waals surface area contributed by atoms with Crippen molar-refractivity contribution in [1.82, 2.24) is 9.80 Å². The average molecular weight is 442 g/mol. The van der Waals surface area contributed by atoms with Gasteiger partial charge in [0.25, 0.3) is 5.91 Å². The van der Waals surface area contributed by atoms with Gasteiger partial charge in [0.15, 0.2) is 0 Å². The normalized spacial score (nSPS) is 19.2. The second kappa shape index (κ2) is 8.70. The average Bonchev–Trinajstić information content (AvgIpc) is 2.77. The van der Waals surface area contributed by atoms with Crippen LogP contribution >= 0.6 is 0 Å². The van der Waals surface area contributed by atoms with Gasteiger partial charge in [-0.05, 0) is 43.5 Å². The highest BCUT2D eigenvalue weighted by Gasteiger charge is 2.31. The number of hydrogen-bond donors (Lipinski definition) is 0. The van der Waals surface area contributed by atoms with Crippen LogP contribution in [0.5, 0.6) is 0 Å². The Bertz CT molecular complexity index is 1040. The molecular weight excluding hydrogens is 417 g/mol. The van der Waals surface area contributed by atoms with E-state index in [0.717, 1.165) is 49.6 Å². The number of anilines is 2. The fraction of sp³-hybridized carbons (Fsp3) is 0.292. The molecule has 4 rings (SSSR count). The van der Waals surface area contributed by atoms with Crippen molar-refractivity contribution in [3.63, 3.8) is 0 Å². The first-order valence-corrected chi connectivity index (χ1v) is 10.4. The van der Waals surface area contributed by atoms with Crippen molar-refractivity contribution in [1.29, 1.82) is 0 Å². The van der Waals surface area contributed by atoms with Crippen LogP contribution in [0.15, 0.2) is 66.6 Å². The Balaban J connectivity index is 1.63. The number of amides is 1. The highest BCUT2D eigenvalue weighted by molar-refractivity contribution is 6.10. The molecule has 1 amide bonds. The molecule has 168 valence electrons. The van der Waals surface area contributed by atoms with E-state index >= 15 is 0 Å². The largest absolute Gasteiger partial charge is 0.416 e. The second-order valence-corrected chi connectivity index (χ2v) is 8.01. The maximum atomic E-state index is 13.3. The summed E-state index contributed by atoms with van der Waals surface area (Å²) in [5, 5.41) is 0. The summed E-state index contributed by atoms with van der Waals surface area (Å²) in [5.74, 6) is -0.303. The molecule has 8 heteroatoms. The fourth-order valence-electron chi connectivity index (χ4n) is 3.86. The van der Waals surface area contributed by atoms with E-state index in [9.17, 15) is 18.0 Å². The Morgan fingerprint density at radius 1 is 0.875 bits per heavy atom. The van der Waals surface area contributed by atoms with Gasteiger partial charge in [0, 0.05) is 62.6 Å². The lowest BCUT2D eigenvalue weighted by Gasteiger charge is -2.35. The number of halogens is 3. The summed E-state index contributed by atoms with van der Waals surface area (Å²) >= 11 is 0. The number of alkyl halides is 3. The monoisotopic (exact) mass is 442 g/mol.